The van der Waals surface area contributed by atoms with Crippen LogP contribution in [0.25, 0.3) is 10.8 Å². The lowest BCUT2D eigenvalue weighted by Gasteiger charge is -2.23. The molecule has 37 heavy (non-hydrogen) atoms. The summed E-state index contributed by atoms with van der Waals surface area (Å²) in [6, 6.07) is 8.94. The first-order chi connectivity index (χ1) is 17.4. The number of aliphatic imine (C=N–C) groups is 1. The van der Waals surface area contributed by atoms with Crippen LogP contribution in [0.2, 0.25) is 0 Å². The molecule has 0 saturated carbocycles. The Morgan fingerprint density at radius 2 is 1.78 bits per heavy atom. The number of hydrogen-bond acceptors (Lipinski definition) is 6. The number of rotatable bonds is 12. The highest BCUT2D eigenvalue weighted by molar-refractivity contribution is 6.03. The van der Waals surface area contributed by atoms with Gasteiger partial charge in [-0.3, -0.25) is 19.4 Å². The molecule has 0 aliphatic heterocycles. The Bertz CT molecular complexity index is 1100. The van der Waals surface area contributed by atoms with Gasteiger partial charge in [0.25, 0.3) is 0 Å². The van der Waals surface area contributed by atoms with Crippen LogP contribution >= 0.6 is 0 Å². The summed E-state index contributed by atoms with van der Waals surface area (Å²) < 4.78 is 5.43. The number of nitrogens with zero attached hydrogens (tertiary/aromatic N) is 1. The van der Waals surface area contributed by atoms with E-state index in [1.54, 1.807) is 32.9 Å². The number of aromatic hydroxyl groups is 1. The summed E-state index contributed by atoms with van der Waals surface area (Å²) in [6.45, 7) is 11.7. The van der Waals surface area contributed by atoms with E-state index in [9.17, 15) is 19.5 Å². The van der Waals surface area contributed by atoms with E-state index in [0.717, 1.165) is 23.6 Å². The molecule has 0 aliphatic rings. The van der Waals surface area contributed by atoms with E-state index in [2.05, 4.69) is 15.6 Å². The second kappa shape index (κ2) is 13.8. The molecule has 2 rings (SSSR count). The SMILES string of the molecule is CCCCNC(=O)[C@H](CC(C)C)NC(=O)[C@H](CC(=O)OC(C)(C)C)N=Cc1c(O)ccc2ccccc12. The van der Waals surface area contributed by atoms with Crippen molar-refractivity contribution in [3.8, 4) is 5.75 Å². The van der Waals surface area contributed by atoms with Gasteiger partial charge in [-0.25, -0.2) is 0 Å². The third-order valence-electron chi connectivity index (χ3n) is 5.58. The average molecular weight is 512 g/mol. The number of ether oxygens (including phenoxy) is 1. The summed E-state index contributed by atoms with van der Waals surface area (Å²) in [7, 11) is 0. The van der Waals surface area contributed by atoms with Crippen LogP contribution < -0.4 is 10.6 Å². The van der Waals surface area contributed by atoms with E-state index >= 15 is 0 Å². The monoisotopic (exact) mass is 511 g/mol. The fourth-order valence-electron chi connectivity index (χ4n) is 3.82. The Morgan fingerprint density at radius 1 is 1.08 bits per heavy atom. The zero-order valence-electron chi connectivity index (χ0n) is 22.8. The molecule has 2 aromatic rings. The normalized spacial score (nSPS) is 13.5. The van der Waals surface area contributed by atoms with Crippen molar-refractivity contribution in [2.24, 2.45) is 10.9 Å². The van der Waals surface area contributed by atoms with Crippen molar-refractivity contribution in [3.63, 3.8) is 0 Å². The van der Waals surface area contributed by atoms with Gasteiger partial charge in [-0.15, -0.1) is 0 Å². The summed E-state index contributed by atoms with van der Waals surface area (Å²) in [4.78, 5) is 43.2. The van der Waals surface area contributed by atoms with E-state index in [0.29, 0.717) is 18.5 Å². The lowest BCUT2D eigenvalue weighted by Crippen LogP contribution is -2.50. The maximum Gasteiger partial charge on any atom is 0.309 e. The first kappa shape index (κ1) is 29.8. The summed E-state index contributed by atoms with van der Waals surface area (Å²) >= 11 is 0. The van der Waals surface area contributed by atoms with Gasteiger partial charge in [0.2, 0.25) is 11.8 Å². The number of carbonyl (C=O) groups is 3. The summed E-state index contributed by atoms with van der Waals surface area (Å²) in [5.74, 6) is -1.24. The minimum Gasteiger partial charge on any atom is -0.507 e. The number of esters is 1. The number of benzene rings is 2. The molecule has 8 heteroatoms. The highest BCUT2D eigenvalue weighted by atomic mass is 16.6. The van der Waals surface area contributed by atoms with Gasteiger partial charge in [-0.05, 0) is 56.4 Å². The molecule has 2 amide bonds. The number of carbonyl (C=O) groups excluding carboxylic acids is 3. The largest absolute Gasteiger partial charge is 0.507 e. The molecule has 2 aromatic carbocycles. The molecule has 0 spiro atoms. The maximum atomic E-state index is 13.4. The van der Waals surface area contributed by atoms with Crippen LogP contribution in [0.5, 0.6) is 5.75 Å². The van der Waals surface area contributed by atoms with Gasteiger partial charge >= 0.3 is 5.97 Å². The second-order valence-electron chi connectivity index (χ2n) is 10.6. The van der Waals surface area contributed by atoms with Crippen molar-refractivity contribution in [3.05, 3.63) is 42.0 Å². The molecule has 0 bridgehead atoms. The molecule has 0 radical (unpaired) electrons. The van der Waals surface area contributed by atoms with Crippen LogP contribution in [0.15, 0.2) is 41.4 Å². The Balaban J connectivity index is 2.34. The smallest absolute Gasteiger partial charge is 0.309 e. The van der Waals surface area contributed by atoms with Gasteiger partial charge in [0.1, 0.15) is 23.4 Å². The molecule has 2 atom stereocenters. The molecule has 0 unspecified atom stereocenters. The van der Waals surface area contributed by atoms with Crippen molar-refractivity contribution in [2.75, 3.05) is 6.54 Å². The van der Waals surface area contributed by atoms with E-state index in [1.165, 1.54) is 6.21 Å². The Morgan fingerprint density at radius 3 is 2.43 bits per heavy atom. The summed E-state index contributed by atoms with van der Waals surface area (Å²) in [6.07, 6.45) is 3.32. The van der Waals surface area contributed by atoms with Crippen LogP contribution in [-0.4, -0.2) is 53.3 Å². The maximum absolute atomic E-state index is 13.4. The molecule has 202 valence electrons. The van der Waals surface area contributed by atoms with Crippen LogP contribution in [-0.2, 0) is 19.1 Å². The number of phenolic OH excluding ortho intramolecular Hbond substituents is 1. The summed E-state index contributed by atoms with van der Waals surface area (Å²) in [5, 5.41) is 17.8. The predicted molar refractivity (Wildman–Crippen MR) is 147 cm³/mol. The van der Waals surface area contributed by atoms with E-state index in [4.69, 9.17) is 4.74 Å². The highest BCUT2D eigenvalue weighted by Crippen LogP contribution is 2.25. The quantitative estimate of drug-likeness (QED) is 0.220. The first-order valence-corrected chi connectivity index (χ1v) is 12.9. The molecular weight excluding hydrogens is 470 g/mol. The Labute approximate surface area is 219 Å². The Hall–Kier alpha value is -3.42. The molecule has 0 saturated heterocycles. The van der Waals surface area contributed by atoms with E-state index in [-0.39, 0.29) is 24.0 Å². The van der Waals surface area contributed by atoms with Crippen LogP contribution in [0.3, 0.4) is 0 Å². The minimum absolute atomic E-state index is 0.00635. The van der Waals surface area contributed by atoms with Gasteiger partial charge in [-0.2, -0.15) is 0 Å². The van der Waals surface area contributed by atoms with Crippen molar-refractivity contribution in [1.29, 1.82) is 0 Å². The van der Waals surface area contributed by atoms with Gasteiger partial charge in [-0.1, -0.05) is 57.5 Å². The van der Waals surface area contributed by atoms with Crippen molar-refractivity contribution >= 4 is 34.8 Å². The number of unbranched alkanes of at least 4 members (excludes halogenated alkanes) is 1. The highest BCUT2D eigenvalue weighted by Gasteiger charge is 2.29. The number of amides is 2. The lowest BCUT2D eigenvalue weighted by molar-refractivity contribution is -0.156. The number of hydrogen-bond donors (Lipinski definition) is 3. The molecule has 3 N–H and O–H groups in total. The molecule has 0 fully saturated rings. The first-order valence-electron chi connectivity index (χ1n) is 12.9. The van der Waals surface area contributed by atoms with Crippen molar-refractivity contribution < 1.29 is 24.2 Å². The van der Waals surface area contributed by atoms with Gasteiger partial charge in [0.05, 0.1) is 6.42 Å². The molecule has 8 nitrogen and oxygen atoms in total. The topological polar surface area (TPSA) is 117 Å². The molecule has 0 aliphatic carbocycles. The average Bonchev–Trinajstić information content (AvgIpc) is 2.80. The summed E-state index contributed by atoms with van der Waals surface area (Å²) in [5.41, 5.74) is -0.286. The van der Waals surface area contributed by atoms with E-state index in [1.807, 2.05) is 45.0 Å². The van der Waals surface area contributed by atoms with E-state index < -0.39 is 29.6 Å². The predicted octanol–water partition coefficient (Wildman–Crippen LogP) is 4.51. The standard InChI is InChI=1S/C29H41N3O5/c1-7-8-15-30-27(35)24(16-19(2)3)32-28(36)23(17-26(34)37-29(4,5)6)31-18-22-21-12-10-9-11-20(21)13-14-25(22)33/h9-14,18-19,23-24,33H,7-8,15-17H2,1-6H3,(H,30,35)(H,32,36)/t23-,24-/m0/s1. The Kier molecular flexibility index (Phi) is 11.1. The number of phenols is 1. The minimum atomic E-state index is -1.15. The number of nitrogens with one attached hydrogen (secondary N) is 2. The zero-order valence-corrected chi connectivity index (χ0v) is 22.8. The lowest BCUT2D eigenvalue weighted by atomic mass is 10.0. The van der Waals surface area contributed by atoms with Gasteiger partial charge in [0, 0.05) is 18.3 Å². The molecule has 0 aromatic heterocycles. The van der Waals surface area contributed by atoms with Crippen molar-refractivity contribution in [1.82, 2.24) is 10.6 Å². The van der Waals surface area contributed by atoms with Gasteiger partial charge in [0.15, 0.2) is 0 Å². The second-order valence-corrected chi connectivity index (χ2v) is 10.6. The fourth-order valence-corrected chi connectivity index (χ4v) is 3.82. The zero-order chi connectivity index (χ0) is 27.6. The van der Waals surface area contributed by atoms with Crippen molar-refractivity contribution in [2.45, 2.75) is 84.9 Å². The molecule has 0 heterocycles. The van der Waals surface area contributed by atoms with Crippen LogP contribution in [0.4, 0.5) is 0 Å². The van der Waals surface area contributed by atoms with Crippen LogP contribution in [0, 0.1) is 5.92 Å². The third-order valence-corrected chi connectivity index (χ3v) is 5.58. The van der Waals surface area contributed by atoms with Gasteiger partial charge < -0.3 is 20.5 Å². The third kappa shape index (κ3) is 9.86. The number of fused-ring (bicyclic) bond motifs is 1. The van der Waals surface area contributed by atoms with Crippen LogP contribution in [0.1, 0.15) is 72.8 Å². The fraction of sp³-hybridized carbons (Fsp3) is 0.517. The molecular formula is C29H41N3O5.